The Hall–Kier alpha value is -2.40. The molecule has 2 amide bonds. The minimum Gasteiger partial charge on any atom is -0.388 e. The first-order chi connectivity index (χ1) is 11.6. The van der Waals surface area contributed by atoms with Crippen molar-refractivity contribution < 1.29 is 14.3 Å². The fourth-order valence-corrected chi connectivity index (χ4v) is 2.86. The summed E-state index contributed by atoms with van der Waals surface area (Å²) in [4.78, 5) is 11.9. The molecule has 0 spiro atoms. The number of carbonyl (C=O) groups is 1. The van der Waals surface area contributed by atoms with Gasteiger partial charge in [-0.05, 0) is 30.0 Å². The molecule has 3 unspecified atom stereocenters. The van der Waals surface area contributed by atoms with Gasteiger partial charge >= 0.3 is 6.03 Å². The van der Waals surface area contributed by atoms with Crippen LogP contribution in [0.3, 0.4) is 0 Å². The first-order valence-electron chi connectivity index (χ1n) is 8.17. The topological polar surface area (TPSA) is 61.4 Å². The summed E-state index contributed by atoms with van der Waals surface area (Å²) < 4.78 is 13.7. The van der Waals surface area contributed by atoms with Gasteiger partial charge in [0.1, 0.15) is 5.82 Å². The monoisotopic (exact) mass is 328 g/mol. The maximum atomic E-state index is 13.7. The second-order valence-corrected chi connectivity index (χ2v) is 6.09. The highest BCUT2D eigenvalue weighted by atomic mass is 19.1. The summed E-state index contributed by atoms with van der Waals surface area (Å²) in [5, 5.41) is 15.6. The summed E-state index contributed by atoms with van der Waals surface area (Å²) in [5.41, 5.74) is 1.49. The molecule has 3 N–H and O–H groups in total. The minimum absolute atomic E-state index is 0.0269. The summed E-state index contributed by atoms with van der Waals surface area (Å²) in [7, 11) is 0. The normalized spacial score (nSPS) is 20.2. The molecule has 3 atom stereocenters. The Labute approximate surface area is 140 Å². The van der Waals surface area contributed by atoms with Crippen LogP contribution in [-0.2, 0) is 0 Å². The molecule has 2 aromatic carbocycles. The molecule has 0 bridgehead atoms. The van der Waals surface area contributed by atoms with E-state index in [-0.39, 0.29) is 23.8 Å². The third-order valence-corrected chi connectivity index (χ3v) is 4.30. The number of urea groups is 1. The molecule has 2 aromatic rings. The maximum Gasteiger partial charge on any atom is 0.315 e. The summed E-state index contributed by atoms with van der Waals surface area (Å²) in [5.74, 6) is -0.176. The van der Waals surface area contributed by atoms with Gasteiger partial charge in [-0.2, -0.15) is 0 Å². The summed E-state index contributed by atoms with van der Waals surface area (Å²) in [6.07, 6.45) is 0.596. The molecular weight excluding hydrogens is 307 g/mol. The second-order valence-electron chi connectivity index (χ2n) is 6.09. The molecule has 0 aromatic heterocycles. The molecule has 0 aliphatic heterocycles. The van der Waals surface area contributed by atoms with Crippen LogP contribution in [0.15, 0.2) is 54.6 Å². The predicted molar refractivity (Wildman–Crippen MR) is 90.1 cm³/mol. The van der Waals surface area contributed by atoms with Gasteiger partial charge in [0.05, 0.1) is 6.10 Å². The van der Waals surface area contributed by atoms with Crippen LogP contribution >= 0.6 is 0 Å². The van der Waals surface area contributed by atoms with E-state index < -0.39 is 6.10 Å². The van der Waals surface area contributed by atoms with Gasteiger partial charge in [0, 0.05) is 18.5 Å². The van der Waals surface area contributed by atoms with Crippen LogP contribution in [0.4, 0.5) is 9.18 Å². The van der Waals surface area contributed by atoms with E-state index in [4.69, 9.17) is 0 Å². The molecule has 4 nitrogen and oxygen atoms in total. The number of aliphatic hydroxyl groups excluding tert-OH is 1. The Morgan fingerprint density at radius 1 is 1.17 bits per heavy atom. The molecule has 1 aliphatic rings. The number of benzene rings is 2. The molecule has 24 heavy (non-hydrogen) atoms. The van der Waals surface area contributed by atoms with E-state index in [0.717, 1.165) is 12.0 Å². The average Bonchev–Trinajstić information content (AvgIpc) is 3.34. The number of rotatable bonds is 6. The number of carbonyl (C=O) groups excluding carboxylic acids is 1. The zero-order valence-electron chi connectivity index (χ0n) is 13.3. The van der Waals surface area contributed by atoms with E-state index in [1.165, 1.54) is 6.07 Å². The SMILES string of the molecule is O=C(NCCC(O)c1ccccc1)NC1CC1c1ccccc1F. The van der Waals surface area contributed by atoms with Crippen molar-refractivity contribution in [1.29, 1.82) is 0 Å². The lowest BCUT2D eigenvalue weighted by atomic mass is 10.1. The fraction of sp³-hybridized carbons (Fsp3) is 0.316. The fourth-order valence-electron chi connectivity index (χ4n) is 2.86. The highest BCUT2D eigenvalue weighted by Crippen LogP contribution is 2.41. The Balaban J connectivity index is 1.39. The third-order valence-electron chi connectivity index (χ3n) is 4.30. The van der Waals surface area contributed by atoms with Gasteiger partial charge < -0.3 is 15.7 Å². The van der Waals surface area contributed by atoms with Gasteiger partial charge in [0.25, 0.3) is 0 Å². The second kappa shape index (κ2) is 7.45. The number of aliphatic hydroxyl groups is 1. The third kappa shape index (κ3) is 4.11. The molecule has 3 rings (SSSR count). The van der Waals surface area contributed by atoms with Crippen LogP contribution in [0.5, 0.6) is 0 Å². The first-order valence-corrected chi connectivity index (χ1v) is 8.17. The largest absolute Gasteiger partial charge is 0.388 e. The lowest BCUT2D eigenvalue weighted by Gasteiger charge is -2.12. The van der Waals surface area contributed by atoms with E-state index in [0.29, 0.717) is 18.5 Å². The zero-order valence-corrected chi connectivity index (χ0v) is 13.3. The Kier molecular flexibility index (Phi) is 5.11. The standard InChI is InChI=1S/C19H21FN2O2/c20-16-9-5-4-8-14(16)15-12-17(15)22-19(24)21-11-10-18(23)13-6-2-1-3-7-13/h1-9,15,17-18,23H,10-12H2,(H2,21,22,24). The van der Waals surface area contributed by atoms with Crippen molar-refractivity contribution >= 4 is 6.03 Å². The van der Waals surface area contributed by atoms with E-state index in [1.54, 1.807) is 18.2 Å². The van der Waals surface area contributed by atoms with Crippen LogP contribution in [-0.4, -0.2) is 23.7 Å². The molecule has 0 radical (unpaired) electrons. The average molecular weight is 328 g/mol. The van der Waals surface area contributed by atoms with Crippen molar-refractivity contribution in [2.24, 2.45) is 0 Å². The van der Waals surface area contributed by atoms with Crippen LogP contribution in [0.1, 0.15) is 36.0 Å². The molecule has 1 saturated carbocycles. The summed E-state index contributed by atoms with van der Waals surface area (Å²) >= 11 is 0. The molecule has 1 fully saturated rings. The van der Waals surface area contributed by atoms with E-state index >= 15 is 0 Å². The highest BCUT2D eigenvalue weighted by molar-refractivity contribution is 5.74. The molecular formula is C19H21FN2O2. The number of amides is 2. The van der Waals surface area contributed by atoms with Crippen LogP contribution < -0.4 is 10.6 Å². The van der Waals surface area contributed by atoms with Crippen LogP contribution in [0.2, 0.25) is 0 Å². The van der Waals surface area contributed by atoms with Gasteiger partial charge in [-0.25, -0.2) is 9.18 Å². The van der Waals surface area contributed by atoms with Crippen molar-refractivity contribution in [1.82, 2.24) is 10.6 Å². The molecule has 126 valence electrons. The Bertz CT molecular complexity index is 693. The van der Waals surface area contributed by atoms with Crippen molar-refractivity contribution in [3.8, 4) is 0 Å². The van der Waals surface area contributed by atoms with Crippen LogP contribution in [0, 0.1) is 5.82 Å². The first kappa shape index (κ1) is 16.5. The number of halogens is 1. The van der Waals surface area contributed by atoms with Gasteiger partial charge in [0.2, 0.25) is 0 Å². The summed E-state index contributed by atoms with van der Waals surface area (Å²) in [6, 6.07) is 15.7. The van der Waals surface area contributed by atoms with E-state index in [1.807, 2.05) is 30.3 Å². The zero-order chi connectivity index (χ0) is 16.9. The Morgan fingerprint density at radius 2 is 1.88 bits per heavy atom. The maximum absolute atomic E-state index is 13.7. The van der Waals surface area contributed by atoms with Gasteiger partial charge in [0.15, 0.2) is 0 Å². The van der Waals surface area contributed by atoms with Crippen molar-refractivity contribution in [2.45, 2.75) is 30.9 Å². The van der Waals surface area contributed by atoms with Crippen molar-refractivity contribution in [2.75, 3.05) is 6.54 Å². The van der Waals surface area contributed by atoms with Crippen molar-refractivity contribution in [3.63, 3.8) is 0 Å². The molecule has 5 heteroatoms. The highest BCUT2D eigenvalue weighted by Gasteiger charge is 2.40. The van der Waals surface area contributed by atoms with Crippen LogP contribution in [0.25, 0.3) is 0 Å². The molecule has 0 heterocycles. The van der Waals surface area contributed by atoms with E-state index in [2.05, 4.69) is 10.6 Å². The van der Waals surface area contributed by atoms with Gasteiger partial charge in [-0.15, -0.1) is 0 Å². The summed E-state index contributed by atoms with van der Waals surface area (Å²) in [6.45, 7) is 0.374. The minimum atomic E-state index is -0.599. The number of hydrogen-bond donors (Lipinski definition) is 3. The number of nitrogens with one attached hydrogen (secondary N) is 2. The van der Waals surface area contributed by atoms with Gasteiger partial charge in [-0.1, -0.05) is 48.5 Å². The van der Waals surface area contributed by atoms with Crippen molar-refractivity contribution in [3.05, 3.63) is 71.5 Å². The Morgan fingerprint density at radius 3 is 2.62 bits per heavy atom. The molecule has 1 aliphatic carbocycles. The smallest absolute Gasteiger partial charge is 0.315 e. The lowest BCUT2D eigenvalue weighted by Crippen LogP contribution is -2.38. The number of hydrogen-bond acceptors (Lipinski definition) is 2. The lowest BCUT2D eigenvalue weighted by molar-refractivity contribution is 0.167. The van der Waals surface area contributed by atoms with E-state index in [9.17, 15) is 14.3 Å². The van der Waals surface area contributed by atoms with Gasteiger partial charge in [-0.3, -0.25) is 0 Å². The molecule has 0 saturated heterocycles. The quantitative estimate of drug-likeness (QED) is 0.763. The predicted octanol–water partition coefficient (Wildman–Crippen LogP) is 3.10.